The highest BCUT2D eigenvalue weighted by Gasteiger charge is 1.95. The summed E-state index contributed by atoms with van der Waals surface area (Å²) in [5.74, 6) is 0. The monoisotopic (exact) mass is 180 g/mol. The van der Waals surface area contributed by atoms with Gasteiger partial charge in [-0.15, -0.1) is 0 Å². The fourth-order valence-electron chi connectivity index (χ4n) is 0.922. The summed E-state index contributed by atoms with van der Waals surface area (Å²) in [6, 6.07) is 8.21. The second-order valence-corrected chi connectivity index (χ2v) is 3.39. The molecule has 0 atom stereocenters. The van der Waals surface area contributed by atoms with Crippen LogP contribution in [0.1, 0.15) is 25.0 Å². The van der Waals surface area contributed by atoms with Crippen LogP contribution in [-0.4, -0.2) is 6.10 Å². The first-order valence-electron chi connectivity index (χ1n) is 4.52. The lowest BCUT2D eigenvalue weighted by molar-refractivity contribution is -0.325. The van der Waals surface area contributed by atoms with Crippen LogP contribution in [0.4, 0.5) is 0 Å². The van der Waals surface area contributed by atoms with E-state index in [4.69, 9.17) is 9.78 Å². The highest BCUT2D eigenvalue weighted by atomic mass is 17.2. The number of hydrogen-bond acceptors (Lipinski definition) is 2. The smallest absolute Gasteiger partial charge is 0.107 e. The Hall–Kier alpha value is -0.860. The molecular formula is C11H16O2. The van der Waals surface area contributed by atoms with Crippen molar-refractivity contribution in [2.75, 3.05) is 0 Å². The van der Waals surface area contributed by atoms with Crippen molar-refractivity contribution in [3.05, 3.63) is 35.4 Å². The van der Waals surface area contributed by atoms with E-state index in [0.717, 1.165) is 5.56 Å². The number of hydrogen-bond donors (Lipinski definition) is 0. The highest BCUT2D eigenvalue weighted by molar-refractivity contribution is 5.20. The molecule has 0 spiro atoms. The van der Waals surface area contributed by atoms with Gasteiger partial charge in [0, 0.05) is 0 Å². The molecule has 1 aromatic carbocycles. The van der Waals surface area contributed by atoms with Crippen LogP contribution in [0.25, 0.3) is 0 Å². The molecule has 0 saturated carbocycles. The molecule has 72 valence electrons. The molecule has 1 aromatic rings. The Morgan fingerprint density at radius 2 is 1.77 bits per heavy atom. The van der Waals surface area contributed by atoms with Crippen molar-refractivity contribution in [1.29, 1.82) is 0 Å². The minimum atomic E-state index is 0.116. The van der Waals surface area contributed by atoms with Gasteiger partial charge in [0.25, 0.3) is 0 Å². The van der Waals surface area contributed by atoms with Crippen LogP contribution in [0.2, 0.25) is 0 Å². The fourth-order valence-corrected chi connectivity index (χ4v) is 0.922. The lowest BCUT2D eigenvalue weighted by Crippen LogP contribution is -2.03. The molecule has 0 aliphatic carbocycles. The van der Waals surface area contributed by atoms with E-state index in [1.165, 1.54) is 5.56 Å². The summed E-state index contributed by atoms with van der Waals surface area (Å²) in [6.45, 7) is 6.46. The van der Waals surface area contributed by atoms with Crippen LogP contribution < -0.4 is 0 Å². The Morgan fingerprint density at radius 1 is 1.15 bits per heavy atom. The van der Waals surface area contributed by atoms with Crippen LogP contribution in [0, 0.1) is 6.92 Å². The molecule has 1 rings (SSSR count). The maximum Gasteiger partial charge on any atom is 0.107 e. The third-order valence-corrected chi connectivity index (χ3v) is 1.61. The van der Waals surface area contributed by atoms with Crippen LogP contribution in [0.5, 0.6) is 0 Å². The molecule has 2 heteroatoms. The van der Waals surface area contributed by atoms with Crippen molar-refractivity contribution in [1.82, 2.24) is 0 Å². The minimum absolute atomic E-state index is 0.116. The molecule has 13 heavy (non-hydrogen) atoms. The summed E-state index contributed by atoms with van der Waals surface area (Å²) in [5, 5.41) is 0. The number of rotatable bonds is 4. The third-order valence-electron chi connectivity index (χ3n) is 1.61. The normalized spacial score (nSPS) is 10.8. The van der Waals surface area contributed by atoms with E-state index in [1.807, 2.05) is 26.0 Å². The molecule has 0 N–H and O–H groups in total. The second kappa shape index (κ2) is 5.00. The van der Waals surface area contributed by atoms with Gasteiger partial charge in [-0.3, -0.25) is 0 Å². The van der Waals surface area contributed by atoms with Gasteiger partial charge >= 0.3 is 0 Å². The predicted molar refractivity (Wildman–Crippen MR) is 52.2 cm³/mol. The number of benzene rings is 1. The molecule has 0 aromatic heterocycles. The zero-order valence-corrected chi connectivity index (χ0v) is 8.41. The Morgan fingerprint density at radius 3 is 2.31 bits per heavy atom. The first kappa shape index (κ1) is 10.2. The van der Waals surface area contributed by atoms with Crippen LogP contribution in [0.15, 0.2) is 24.3 Å². The van der Waals surface area contributed by atoms with E-state index < -0.39 is 0 Å². The summed E-state index contributed by atoms with van der Waals surface area (Å²) in [7, 11) is 0. The molecule has 0 radical (unpaired) electrons. The molecule has 0 fully saturated rings. The van der Waals surface area contributed by atoms with Gasteiger partial charge in [0.2, 0.25) is 0 Å². The maximum absolute atomic E-state index is 5.02. The van der Waals surface area contributed by atoms with Crippen molar-refractivity contribution < 1.29 is 9.78 Å². The quantitative estimate of drug-likeness (QED) is 0.524. The van der Waals surface area contributed by atoms with E-state index in [0.29, 0.717) is 6.61 Å². The van der Waals surface area contributed by atoms with Crippen molar-refractivity contribution in [3.8, 4) is 0 Å². The number of aryl methyl sites for hydroxylation is 1. The Kier molecular flexibility index (Phi) is 3.93. The van der Waals surface area contributed by atoms with Crippen molar-refractivity contribution in [2.24, 2.45) is 0 Å². The summed E-state index contributed by atoms with van der Waals surface area (Å²) in [6.07, 6.45) is 0.116. The standard InChI is InChI=1S/C11H16O2/c1-9(2)13-12-8-11-6-4-10(3)5-7-11/h4-7,9H,8H2,1-3H3. The lowest BCUT2D eigenvalue weighted by atomic mass is 10.2. The molecular weight excluding hydrogens is 164 g/mol. The molecule has 0 aliphatic heterocycles. The van der Waals surface area contributed by atoms with Crippen LogP contribution >= 0.6 is 0 Å². The lowest BCUT2D eigenvalue weighted by Gasteiger charge is -2.06. The minimum Gasteiger partial charge on any atom is -0.234 e. The van der Waals surface area contributed by atoms with Crippen molar-refractivity contribution in [2.45, 2.75) is 33.5 Å². The molecule has 0 aliphatic rings. The van der Waals surface area contributed by atoms with Crippen LogP contribution in [0.3, 0.4) is 0 Å². The maximum atomic E-state index is 5.02. The van der Waals surface area contributed by atoms with Gasteiger partial charge in [0.1, 0.15) is 6.61 Å². The molecule has 0 saturated heterocycles. The van der Waals surface area contributed by atoms with E-state index in [9.17, 15) is 0 Å². The molecule has 0 bridgehead atoms. The largest absolute Gasteiger partial charge is 0.234 e. The third kappa shape index (κ3) is 4.06. The molecule has 2 nitrogen and oxygen atoms in total. The van der Waals surface area contributed by atoms with E-state index in [2.05, 4.69) is 19.1 Å². The van der Waals surface area contributed by atoms with E-state index in [1.54, 1.807) is 0 Å². The fraction of sp³-hybridized carbons (Fsp3) is 0.455. The summed E-state index contributed by atoms with van der Waals surface area (Å²) < 4.78 is 0. The Labute approximate surface area is 79.4 Å². The highest BCUT2D eigenvalue weighted by Crippen LogP contribution is 2.05. The van der Waals surface area contributed by atoms with Gasteiger partial charge in [-0.05, 0) is 26.3 Å². The summed E-state index contributed by atoms with van der Waals surface area (Å²) in [5.41, 5.74) is 2.39. The van der Waals surface area contributed by atoms with Crippen LogP contribution in [-0.2, 0) is 16.4 Å². The topological polar surface area (TPSA) is 18.5 Å². The van der Waals surface area contributed by atoms with Crippen molar-refractivity contribution in [3.63, 3.8) is 0 Å². The Bertz CT molecular complexity index is 239. The van der Waals surface area contributed by atoms with Gasteiger partial charge < -0.3 is 0 Å². The zero-order valence-electron chi connectivity index (χ0n) is 8.41. The molecule has 0 heterocycles. The Balaban J connectivity index is 2.33. The molecule has 0 amide bonds. The van der Waals surface area contributed by atoms with Gasteiger partial charge in [0.05, 0.1) is 6.10 Å². The molecule has 0 unspecified atom stereocenters. The van der Waals surface area contributed by atoms with Gasteiger partial charge in [0.15, 0.2) is 0 Å². The first-order valence-corrected chi connectivity index (χ1v) is 4.52. The van der Waals surface area contributed by atoms with Gasteiger partial charge in [-0.2, -0.15) is 0 Å². The van der Waals surface area contributed by atoms with Gasteiger partial charge in [-0.25, -0.2) is 9.78 Å². The second-order valence-electron chi connectivity index (χ2n) is 3.39. The first-order chi connectivity index (χ1) is 6.18. The van der Waals surface area contributed by atoms with Crippen molar-refractivity contribution >= 4 is 0 Å². The van der Waals surface area contributed by atoms with E-state index >= 15 is 0 Å². The zero-order chi connectivity index (χ0) is 9.68. The van der Waals surface area contributed by atoms with E-state index in [-0.39, 0.29) is 6.10 Å². The average molecular weight is 180 g/mol. The summed E-state index contributed by atoms with van der Waals surface area (Å²) >= 11 is 0. The predicted octanol–water partition coefficient (Wildman–Crippen LogP) is 2.85. The summed E-state index contributed by atoms with van der Waals surface area (Å²) in [4.78, 5) is 10.00. The SMILES string of the molecule is Cc1ccc(COOC(C)C)cc1. The van der Waals surface area contributed by atoms with Gasteiger partial charge in [-0.1, -0.05) is 29.8 Å². The average Bonchev–Trinajstić information content (AvgIpc) is 2.08.